The molecular weight excluding hydrogens is 370 g/mol. The molecule has 0 spiro atoms. The minimum Gasteiger partial charge on any atom is -0.394 e. The lowest BCUT2D eigenvalue weighted by molar-refractivity contribution is -0.205. The van der Waals surface area contributed by atoms with Gasteiger partial charge < -0.3 is 30.3 Å². The van der Waals surface area contributed by atoms with E-state index in [4.69, 9.17) is 14.4 Å². The van der Waals surface area contributed by atoms with Gasteiger partial charge in [-0.15, -0.1) is 6.58 Å². The number of ether oxygens (including phenoxy) is 1. The van der Waals surface area contributed by atoms with Gasteiger partial charge in [0.25, 0.3) is 0 Å². The summed E-state index contributed by atoms with van der Waals surface area (Å²) in [4.78, 5) is 0. The Morgan fingerprint density at radius 2 is 1.96 bits per heavy atom. The van der Waals surface area contributed by atoms with Crippen LogP contribution >= 0.6 is 11.8 Å². The van der Waals surface area contributed by atoms with E-state index in [1.165, 1.54) is 0 Å². The summed E-state index contributed by atoms with van der Waals surface area (Å²) in [5, 5.41) is 50.8. The molecule has 0 aromatic carbocycles. The zero-order valence-electron chi connectivity index (χ0n) is 12.2. The van der Waals surface area contributed by atoms with E-state index in [0.29, 0.717) is 11.8 Å². The third kappa shape index (κ3) is 6.27. The van der Waals surface area contributed by atoms with Gasteiger partial charge in [-0.25, -0.2) is 4.28 Å². The topological polar surface area (TPSA) is 186 Å². The molecule has 1 rings (SSSR count). The molecule has 0 bridgehead atoms. The first-order valence-corrected chi connectivity index (χ1v) is 8.84. The highest BCUT2D eigenvalue weighted by molar-refractivity contribution is 8.14. The van der Waals surface area contributed by atoms with E-state index in [9.17, 15) is 28.8 Å². The highest BCUT2D eigenvalue weighted by Gasteiger charge is 2.44. The minimum atomic E-state index is -4.89. The second kappa shape index (κ2) is 9.07. The molecule has 6 atom stereocenters. The summed E-state index contributed by atoms with van der Waals surface area (Å²) in [5.74, 6) is 0. The normalized spacial score (nSPS) is 33.1. The maximum atomic E-state index is 10.6. The van der Waals surface area contributed by atoms with Crippen molar-refractivity contribution in [1.82, 2.24) is 0 Å². The summed E-state index contributed by atoms with van der Waals surface area (Å²) in [6.07, 6.45) is -6.29. The van der Waals surface area contributed by atoms with Gasteiger partial charge in [0, 0.05) is 6.42 Å². The molecule has 0 aromatic rings. The quantitative estimate of drug-likeness (QED) is 0.0895. The van der Waals surface area contributed by atoms with Crippen molar-refractivity contribution < 1.29 is 47.5 Å². The fraction of sp³-hybridized carbons (Fsp3) is 0.727. The van der Waals surface area contributed by atoms with Crippen molar-refractivity contribution in [2.75, 3.05) is 6.61 Å². The monoisotopic (exact) mass is 389 g/mol. The minimum absolute atomic E-state index is 0.218. The highest BCUT2D eigenvalue weighted by Crippen LogP contribution is 2.30. The Morgan fingerprint density at radius 1 is 1.33 bits per heavy atom. The van der Waals surface area contributed by atoms with E-state index in [1.807, 2.05) is 0 Å². The Bertz CT molecular complexity index is 551. The van der Waals surface area contributed by atoms with Crippen LogP contribution in [0.25, 0.3) is 0 Å². The van der Waals surface area contributed by atoms with Gasteiger partial charge in [0.15, 0.2) is 0 Å². The van der Waals surface area contributed by atoms with Crippen LogP contribution in [-0.4, -0.2) is 86.1 Å². The van der Waals surface area contributed by atoms with Crippen molar-refractivity contribution in [3.05, 3.63) is 12.7 Å². The Balaban J connectivity index is 2.92. The van der Waals surface area contributed by atoms with Crippen LogP contribution < -0.4 is 0 Å². The fourth-order valence-corrected chi connectivity index (χ4v) is 3.10. The van der Waals surface area contributed by atoms with Crippen LogP contribution in [0.15, 0.2) is 17.8 Å². The van der Waals surface area contributed by atoms with Gasteiger partial charge in [-0.1, -0.05) is 23.0 Å². The molecule has 13 heteroatoms. The average molecular weight is 389 g/mol. The molecule has 0 radical (unpaired) electrons. The van der Waals surface area contributed by atoms with Crippen LogP contribution in [0.4, 0.5) is 0 Å². The third-order valence-corrected chi connectivity index (χ3v) is 4.39. The fourth-order valence-electron chi connectivity index (χ4n) is 1.76. The van der Waals surface area contributed by atoms with Crippen molar-refractivity contribution in [2.45, 2.75) is 42.4 Å². The molecule has 140 valence electrons. The Morgan fingerprint density at radius 3 is 2.46 bits per heavy atom. The zero-order chi connectivity index (χ0) is 18.5. The molecule has 0 unspecified atom stereocenters. The first-order valence-electron chi connectivity index (χ1n) is 6.59. The lowest BCUT2D eigenvalue weighted by atomic mass is 10.0. The van der Waals surface area contributed by atoms with Crippen LogP contribution in [0.5, 0.6) is 0 Å². The number of thioether (sulfide) groups is 1. The van der Waals surface area contributed by atoms with Crippen molar-refractivity contribution in [3.8, 4) is 0 Å². The van der Waals surface area contributed by atoms with Gasteiger partial charge in [0.05, 0.1) is 12.7 Å². The van der Waals surface area contributed by atoms with Crippen LogP contribution in [0.2, 0.25) is 0 Å². The average Bonchev–Trinajstić information content (AvgIpc) is 2.52. The second-order valence-corrected chi connectivity index (χ2v) is 6.99. The van der Waals surface area contributed by atoms with Gasteiger partial charge in [-0.3, -0.25) is 4.55 Å². The highest BCUT2D eigenvalue weighted by atomic mass is 32.3. The van der Waals surface area contributed by atoms with E-state index >= 15 is 0 Å². The van der Waals surface area contributed by atoms with Gasteiger partial charge in [0.1, 0.15) is 34.9 Å². The third-order valence-electron chi connectivity index (χ3n) is 2.99. The van der Waals surface area contributed by atoms with E-state index in [-0.39, 0.29) is 11.5 Å². The van der Waals surface area contributed by atoms with Crippen LogP contribution in [0.1, 0.15) is 6.42 Å². The molecule has 0 aliphatic carbocycles. The summed E-state index contributed by atoms with van der Waals surface area (Å²) < 4.78 is 38.8. The van der Waals surface area contributed by atoms with Crippen LogP contribution in [0, 0.1) is 0 Å². The van der Waals surface area contributed by atoms with E-state index < -0.39 is 53.0 Å². The lowest BCUT2D eigenvalue weighted by Crippen LogP contribution is -2.57. The molecule has 0 amide bonds. The first-order chi connectivity index (χ1) is 11.1. The van der Waals surface area contributed by atoms with Crippen molar-refractivity contribution >= 4 is 27.2 Å². The van der Waals surface area contributed by atoms with Gasteiger partial charge in [-0.2, -0.15) is 8.42 Å². The predicted octanol–water partition coefficient (Wildman–Crippen LogP) is -2.41. The lowest BCUT2D eigenvalue weighted by Gasteiger charge is -2.39. The number of hydrogen-bond donors (Lipinski definition) is 6. The van der Waals surface area contributed by atoms with Crippen LogP contribution in [0.3, 0.4) is 0 Å². The maximum absolute atomic E-state index is 10.6. The number of oxime groups is 1. The van der Waals surface area contributed by atoms with E-state index in [2.05, 4.69) is 16.0 Å². The smallest absolute Gasteiger partial charge is 0.394 e. The molecular formula is C11H19NO10S2. The Hall–Kier alpha value is -0.770. The van der Waals surface area contributed by atoms with Crippen LogP contribution in [-0.2, 0) is 19.4 Å². The number of nitrogens with zero attached hydrogens (tertiary/aromatic N) is 1. The summed E-state index contributed by atoms with van der Waals surface area (Å²) in [5.41, 5.74) is -1.26. The largest absolute Gasteiger partial charge is 0.466 e. The van der Waals surface area contributed by atoms with Gasteiger partial charge in [0.2, 0.25) is 0 Å². The summed E-state index contributed by atoms with van der Waals surface area (Å²) in [7, 11) is -4.89. The molecule has 0 aromatic heterocycles. The zero-order valence-corrected chi connectivity index (χ0v) is 13.9. The Labute approximate surface area is 142 Å². The maximum Gasteiger partial charge on any atom is 0.466 e. The molecule has 0 saturated carbocycles. The molecule has 24 heavy (non-hydrogen) atoms. The molecule has 6 N–H and O–H groups in total. The predicted molar refractivity (Wildman–Crippen MR) is 82.2 cm³/mol. The number of rotatable bonds is 7. The first kappa shape index (κ1) is 21.3. The van der Waals surface area contributed by atoms with Crippen molar-refractivity contribution in [3.63, 3.8) is 0 Å². The van der Waals surface area contributed by atoms with Gasteiger partial charge >= 0.3 is 10.4 Å². The number of aliphatic hydroxyl groups excluding tert-OH is 5. The summed E-state index contributed by atoms with van der Waals surface area (Å²) >= 11 is 0.570. The molecule has 1 saturated heterocycles. The molecule has 1 aliphatic rings. The standard InChI is InChI=1S/C11H19NO10S2/c1-2-5(14)3-7(12-22-24(18,19)20)23-11-10(17)9(16)8(15)6(4-13)21-11/h2,5-6,8-11,13-17H,1,3-4H2,(H,18,19,20)/b12-7+/t5-,6+,8+,9-,10+,11-/m1/s1. The molecule has 1 fully saturated rings. The van der Waals surface area contributed by atoms with E-state index in [0.717, 1.165) is 6.08 Å². The molecule has 1 aliphatic heterocycles. The number of hydrogen-bond acceptors (Lipinski definition) is 11. The SMILES string of the molecule is C=C[C@@H](O)C/C(=N\OS(=O)(=O)O)S[C@H]1O[C@@H](CO)[C@H](O)[C@@H](O)[C@@H]1O. The summed E-state index contributed by atoms with van der Waals surface area (Å²) in [6.45, 7) is 2.67. The van der Waals surface area contributed by atoms with E-state index in [1.54, 1.807) is 0 Å². The Kier molecular flexibility index (Phi) is 8.04. The second-order valence-electron chi connectivity index (χ2n) is 4.81. The van der Waals surface area contributed by atoms with Crippen molar-refractivity contribution in [2.24, 2.45) is 5.16 Å². The van der Waals surface area contributed by atoms with Crippen molar-refractivity contribution in [1.29, 1.82) is 0 Å². The van der Waals surface area contributed by atoms with Gasteiger partial charge in [-0.05, 0) is 0 Å². The summed E-state index contributed by atoms with van der Waals surface area (Å²) in [6, 6.07) is 0. The molecule has 11 nitrogen and oxygen atoms in total. The molecule has 1 heterocycles. The number of aliphatic hydroxyl groups is 5.